The van der Waals surface area contributed by atoms with E-state index in [-0.39, 0.29) is 11.4 Å². The highest BCUT2D eigenvalue weighted by Gasteiger charge is 2.32. The summed E-state index contributed by atoms with van der Waals surface area (Å²) in [6.45, 7) is 4.88. The fourth-order valence-corrected chi connectivity index (χ4v) is 5.11. The van der Waals surface area contributed by atoms with Gasteiger partial charge in [0.05, 0.1) is 17.6 Å². The van der Waals surface area contributed by atoms with E-state index in [4.69, 9.17) is 15.5 Å². The standard InChI is InChI=1S/C19H20FN3OS2/c1-3-19(2)8-13-14(9-24-19)26-17-15(13)16(21)22-18(23-17)25-10-11-5-4-6-12(20)7-11/h4-7H,3,8-10H2,1-2H3,(H2,21,22,23). The number of nitrogen functional groups attached to an aromatic ring is 1. The lowest BCUT2D eigenvalue weighted by atomic mass is 9.90. The van der Waals surface area contributed by atoms with Crippen molar-refractivity contribution >= 4 is 39.1 Å². The molecule has 4 nitrogen and oxygen atoms in total. The van der Waals surface area contributed by atoms with Crippen molar-refractivity contribution in [2.24, 2.45) is 0 Å². The van der Waals surface area contributed by atoms with Gasteiger partial charge in [-0.05, 0) is 36.6 Å². The summed E-state index contributed by atoms with van der Waals surface area (Å²) in [7, 11) is 0. The van der Waals surface area contributed by atoms with Gasteiger partial charge in [0, 0.05) is 17.1 Å². The number of hydrogen-bond donors (Lipinski definition) is 1. The maximum absolute atomic E-state index is 13.3. The minimum absolute atomic E-state index is 0.155. The molecular formula is C19H20FN3OS2. The number of thioether (sulfide) groups is 1. The highest BCUT2D eigenvalue weighted by atomic mass is 32.2. The highest BCUT2D eigenvalue weighted by molar-refractivity contribution is 7.98. The van der Waals surface area contributed by atoms with Gasteiger partial charge < -0.3 is 10.5 Å². The van der Waals surface area contributed by atoms with E-state index in [2.05, 4.69) is 18.8 Å². The van der Waals surface area contributed by atoms with Gasteiger partial charge in [-0.15, -0.1) is 11.3 Å². The quantitative estimate of drug-likeness (QED) is 0.505. The first kappa shape index (κ1) is 17.7. The molecule has 7 heteroatoms. The van der Waals surface area contributed by atoms with Crippen LogP contribution in [0, 0.1) is 5.82 Å². The van der Waals surface area contributed by atoms with E-state index in [9.17, 15) is 4.39 Å². The van der Waals surface area contributed by atoms with Crippen molar-refractivity contribution in [1.82, 2.24) is 9.97 Å². The molecule has 2 N–H and O–H groups in total. The summed E-state index contributed by atoms with van der Waals surface area (Å²) in [5, 5.41) is 1.60. The molecule has 2 aromatic heterocycles. The van der Waals surface area contributed by atoms with Gasteiger partial charge in [0.2, 0.25) is 0 Å². The maximum Gasteiger partial charge on any atom is 0.191 e. The van der Waals surface area contributed by atoms with E-state index in [0.717, 1.165) is 28.6 Å². The molecule has 0 radical (unpaired) electrons. The third kappa shape index (κ3) is 3.31. The summed E-state index contributed by atoms with van der Waals surface area (Å²) < 4.78 is 19.4. The highest BCUT2D eigenvalue weighted by Crippen LogP contribution is 2.41. The summed E-state index contributed by atoms with van der Waals surface area (Å²) in [4.78, 5) is 11.3. The van der Waals surface area contributed by atoms with Gasteiger partial charge in [0.1, 0.15) is 16.5 Å². The number of halogens is 1. The predicted octanol–water partition coefficient (Wildman–Crippen LogP) is 4.95. The molecule has 0 aliphatic carbocycles. The van der Waals surface area contributed by atoms with Gasteiger partial charge >= 0.3 is 0 Å². The molecule has 1 aromatic carbocycles. The van der Waals surface area contributed by atoms with Gasteiger partial charge in [-0.2, -0.15) is 0 Å². The summed E-state index contributed by atoms with van der Waals surface area (Å²) in [6.07, 6.45) is 1.79. The Kier molecular flexibility index (Phi) is 4.62. The van der Waals surface area contributed by atoms with Crippen molar-refractivity contribution in [3.05, 3.63) is 46.1 Å². The van der Waals surface area contributed by atoms with Crippen molar-refractivity contribution < 1.29 is 9.13 Å². The number of thiophene rings is 1. The number of aromatic nitrogens is 2. The van der Waals surface area contributed by atoms with Crippen LogP contribution < -0.4 is 5.73 Å². The number of hydrogen-bond acceptors (Lipinski definition) is 6. The molecule has 0 amide bonds. The molecular weight excluding hydrogens is 369 g/mol. The molecule has 0 spiro atoms. The smallest absolute Gasteiger partial charge is 0.191 e. The van der Waals surface area contributed by atoms with Crippen LogP contribution in [-0.4, -0.2) is 15.6 Å². The molecule has 26 heavy (non-hydrogen) atoms. The van der Waals surface area contributed by atoms with Crippen LogP contribution in [0.1, 0.15) is 36.3 Å². The molecule has 1 atom stereocenters. The van der Waals surface area contributed by atoms with E-state index in [1.807, 2.05) is 6.07 Å². The number of rotatable bonds is 4. The molecule has 1 aliphatic heterocycles. The second-order valence-electron chi connectivity index (χ2n) is 6.76. The Balaban J connectivity index is 1.63. The monoisotopic (exact) mass is 389 g/mol. The van der Waals surface area contributed by atoms with Crippen LogP contribution in [0.25, 0.3) is 10.2 Å². The second kappa shape index (κ2) is 6.79. The van der Waals surface area contributed by atoms with E-state index in [1.54, 1.807) is 17.4 Å². The molecule has 3 aromatic rings. The summed E-state index contributed by atoms with van der Waals surface area (Å²) in [5.41, 5.74) is 8.27. The Morgan fingerprint density at radius 1 is 1.38 bits per heavy atom. The molecule has 0 saturated heterocycles. The molecule has 3 heterocycles. The minimum atomic E-state index is -0.233. The van der Waals surface area contributed by atoms with Gasteiger partial charge in [0.25, 0.3) is 0 Å². The number of benzene rings is 1. The Bertz CT molecular complexity index is 975. The third-order valence-corrected chi connectivity index (χ3v) is 6.87. The lowest BCUT2D eigenvalue weighted by Crippen LogP contribution is -2.33. The largest absolute Gasteiger partial charge is 0.383 e. The van der Waals surface area contributed by atoms with E-state index in [0.29, 0.717) is 23.3 Å². The van der Waals surface area contributed by atoms with Crippen LogP contribution >= 0.6 is 23.1 Å². The van der Waals surface area contributed by atoms with Crippen molar-refractivity contribution in [2.75, 3.05) is 5.73 Å². The van der Waals surface area contributed by atoms with Gasteiger partial charge in [0.15, 0.2) is 5.16 Å². The maximum atomic E-state index is 13.3. The molecule has 136 valence electrons. The average Bonchev–Trinajstić information content (AvgIpc) is 2.98. The zero-order valence-electron chi connectivity index (χ0n) is 14.7. The Morgan fingerprint density at radius 2 is 2.23 bits per heavy atom. The first-order valence-electron chi connectivity index (χ1n) is 8.56. The minimum Gasteiger partial charge on any atom is -0.383 e. The normalized spacial score (nSPS) is 19.7. The number of nitrogens with zero attached hydrogens (tertiary/aromatic N) is 2. The van der Waals surface area contributed by atoms with Gasteiger partial charge in [-0.3, -0.25) is 0 Å². The van der Waals surface area contributed by atoms with Crippen LogP contribution in [0.3, 0.4) is 0 Å². The third-order valence-electron chi connectivity index (χ3n) is 4.85. The van der Waals surface area contributed by atoms with Crippen LogP contribution in [0.5, 0.6) is 0 Å². The average molecular weight is 390 g/mol. The second-order valence-corrected chi connectivity index (χ2v) is 8.79. The molecule has 4 rings (SSSR count). The lowest BCUT2D eigenvalue weighted by Gasteiger charge is -2.33. The van der Waals surface area contributed by atoms with Crippen molar-refractivity contribution in [2.45, 2.75) is 49.8 Å². The Hall–Kier alpha value is -1.70. The first-order chi connectivity index (χ1) is 12.5. The van der Waals surface area contributed by atoms with Crippen molar-refractivity contribution in [3.8, 4) is 0 Å². The fourth-order valence-electron chi connectivity index (χ4n) is 3.15. The summed E-state index contributed by atoms with van der Waals surface area (Å²) in [5.74, 6) is 0.892. The molecule has 0 saturated carbocycles. The Morgan fingerprint density at radius 3 is 3.00 bits per heavy atom. The molecule has 1 unspecified atom stereocenters. The fraction of sp³-hybridized carbons (Fsp3) is 0.368. The van der Waals surface area contributed by atoms with Gasteiger partial charge in [-0.25, -0.2) is 14.4 Å². The zero-order chi connectivity index (χ0) is 18.3. The van der Waals surface area contributed by atoms with Crippen LogP contribution in [0.15, 0.2) is 29.4 Å². The Labute approximate surface area is 160 Å². The SMILES string of the molecule is CCC1(C)Cc2c(sc3nc(SCc4cccc(F)c4)nc(N)c23)CO1. The topological polar surface area (TPSA) is 61.0 Å². The first-order valence-corrected chi connectivity index (χ1v) is 10.4. The van der Waals surface area contributed by atoms with Gasteiger partial charge in [-0.1, -0.05) is 30.8 Å². The van der Waals surface area contributed by atoms with Crippen LogP contribution in [0.4, 0.5) is 10.2 Å². The predicted molar refractivity (Wildman–Crippen MR) is 105 cm³/mol. The van der Waals surface area contributed by atoms with E-state index in [1.165, 1.54) is 34.3 Å². The number of fused-ring (bicyclic) bond motifs is 3. The number of anilines is 1. The van der Waals surface area contributed by atoms with Crippen molar-refractivity contribution in [3.63, 3.8) is 0 Å². The van der Waals surface area contributed by atoms with Crippen molar-refractivity contribution in [1.29, 1.82) is 0 Å². The van der Waals surface area contributed by atoms with Crippen LogP contribution in [0.2, 0.25) is 0 Å². The molecule has 0 fully saturated rings. The zero-order valence-corrected chi connectivity index (χ0v) is 16.3. The number of ether oxygens (including phenoxy) is 1. The summed E-state index contributed by atoms with van der Waals surface area (Å²) >= 11 is 3.10. The lowest BCUT2D eigenvalue weighted by molar-refractivity contribution is -0.0542. The van der Waals surface area contributed by atoms with Crippen LogP contribution in [-0.2, 0) is 23.5 Å². The van der Waals surface area contributed by atoms with E-state index < -0.39 is 0 Å². The summed E-state index contributed by atoms with van der Waals surface area (Å²) in [6, 6.07) is 6.57. The molecule has 1 aliphatic rings. The van der Waals surface area contributed by atoms with E-state index >= 15 is 0 Å². The molecule has 0 bridgehead atoms. The number of nitrogens with two attached hydrogens (primary N) is 1.